The summed E-state index contributed by atoms with van der Waals surface area (Å²) in [5, 5.41) is 3.28. The topological polar surface area (TPSA) is 78.1 Å². The number of aromatic nitrogens is 2. The molecule has 2 aliphatic rings. The third kappa shape index (κ3) is 4.68. The maximum atomic E-state index is 15.7. The summed E-state index contributed by atoms with van der Waals surface area (Å²) in [6.07, 6.45) is 0. The van der Waals surface area contributed by atoms with Crippen molar-refractivity contribution < 1.29 is 16.8 Å². The van der Waals surface area contributed by atoms with Crippen LogP contribution in [0, 0.1) is 0 Å². The molecule has 294 valence electrons. The van der Waals surface area contributed by atoms with Crippen molar-refractivity contribution in [3.63, 3.8) is 0 Å². The van der Waals surface area contributed by atoms with E-state index in [4.69, 9.17) is 0 Å². The zero-order chi connectivity index (χ0) is 41.5. The van der Waals surface area contributed by atoms with Gasteiger partial charge in [0.25, 0.3) is 0 Å². The van der Waals surface area contributed by atoms with Gasteiger partial charge in [0, 0.05) is 32.7 Å². The van der Waals surface area contributed by atoms with Gasteiger partial charge in [-0.3, -0.25) is 0 Å². The van der Waals surface area contributed by atoms with Crippen molar-refractivity contribution in [3.8, 4) is 55.9 Å². The van der Waals surface area contributed by atoms with Crippen LogP contribution in [0.1, 0.15) is 0 Å². The second kappa shape index (κ2) is 12.5. The van der Waals surface area contributed by atoms with Gasteiger partial charge in [-0.25, -0.2) is 16.8 Å². The maximum Gasteiger partial charge on any atom is 0.211 e. The third-order valence-corrected chi connectivity index (χ3v) is 16.5. The molecule has 0 radical (unpaired) electrons. The molecule has 0 spiro atoms. The number of fused-ring (bicyclic) bond motifs is 10. The largest absolute Gasteiger partial charge is 0.306 e. The molecule has 0 saturated heterocycles. The van der Waals surface area contributed by atoms with Crippen LogP contribution in [0.3, 0.4) is 0 Å². The Hall–Kier alpha value is -7.52. The number of benzene rings is 9. The highest BCUT2D eigenvalue weighted by atomic mass is 32.2. The molecule has 0 N–H and O–H groups in total. The van der Waals surface area contributed by atoms with Gasteiger partial charge in [0.15, 0.2) is 0 Å². The van der Waals surface area contributed by atoms with Crippen molar-refractivity contribution in [1.29, 1.82) is 0 Å². The normalized spacial score (nSPS) is 14.3. The number of hydrogen-bond donors (Lipinski definition) is 0. The molecular formula is C54H32N2O4S2. The first kappa shape index (κ1) is 35.3. The molecule has 0 bridgehead atoms. The minimum atomic E-state index is -4.28. The molecule has 2 aromatic heterocycles. The summed E-state index contributed by atoms with van der Waals surface area (Å²) in [5.41, 5.74) is 9.86. The van der Waals surface area contributed by atoms with Gasteiger partial charge >= 0.3 is 0 Å². The first-order chi connectivity index (χ1) is 30.3. The van der Waals surface area contributed by atoms with Crippen LogP contribution in [-0.4, -0.2) is 26.0 Å². The first-order valence-corrected chi connectivity index (χ1v) is 23.4. The summed E-state index contributed by atoms with van der Waals surface area (Å²) < 4.78 is 66.7. The second-order valence-electron chi connectivity index (χ2n) is 16.1. The van der Waals surface area contributed by atoms with Crippen LogP contribution in [0.25, 0.3) is 99.5 Å². The van der Waals surface area contributed by atoms with E-state index in [0.29, 0.717) is 33.5 Å². The highest BCUT2D eigenvalue weighted by Crippen LogP contribution is 2.53. The summed E-state index contributed by atoms with van der Waals surface area (Å²) >= 11 is 0. The summed E-state index contributed by atoms with van der Waals surface area (Å²) in [7, 11) is -8.56. The lowest BCUT2D eigenvalue weighted by atomic mass is 10.0. The smallest absolute Gasteiger partial charge is 0.211 e. The predicted octanol–water partition coefficient (Wildman–Crippen LogP) is 12.8. The van der Waals surface area contributed by atoms with Crippen LogP contribution in [0.15, 0.2) is 214 Å². The molecule has 0 saturated carbocycles. The van der Waals surface area contributed by atoms with E-state index in [0.717, 1.165) is 66.0 Å². The van der Waals surface area contributed by atoms with Crippen molar-refractivity contribution in [2.45, 2.75) is 19.6 Å². The van der Waals surface area contributed by atoms with E-state index in [9.17, 15) is 0 Å². The van der Waals surface area contributed by atoms with Gasteiger partial charge in [-0.1, -0.05) is 170 Å². The monoisotopic (exact) mass is 836 g/mol. The molecule has 11 aromatic rings. The van der Waals surface area contributed by atoms with Gasteiger partial charge in [0.05, 0.1) is 43.2 Å². The molecule has 2 aliphatic heterocycles. The molecule has 8 heteroatoms. The quantitative estimate of drug-likeness (QED) is 0.177. The van der Waals surface area contributed by atoms with E-state index < -0.39 is 19.7 Å². The van der Waals surface area contributed by atoms with E-state index in [1.165, 1.54) is 0 Å². The maximum absolute atomic E-state index is 15.7. The molecule has 6 nitrogen and oxygen atoms in total. The zero-order valence-corrected chi connectivity index (χ0v) is 34.5. The molecule has 62 heavy (non-hydrogen) atoms. The summed E-state index contributed by atoms with van der Waals surface area (Å²) in [4.78, 5) is 0.488. The highest BCUT2D eigenvalue weighted by molar-refractivity contribution is 7.92. The van der Waals surface area contributed by atoms with Gasteiger partial charge in [-0.05, 0) is 57.6 Å². The second-order valence-corrected chi connectivity index (χ2v) is 19.8. The van der Waals surface area contributed by atoms with Crippen LogP contribution in [0.2, 0.25) is 0 Å². The Kier molecular flexibility index (Phi) is 7.12. The van der Waals surface area contributed by atoms with Crippen LogP contribution >= 0.6 is 0 Å². The average molecular weight is 837 g/mol. The predicted molar refractivity (Wildman–Crippen MR) is 248 cm³/mol. The Morgan fingerprint density at radius 2 is 0.645 bits per heavy atom. The van der Waals surface area contributed by atoms with Gasteiger partial charge in [0.1, 0.15) is 9.79 Å². The van der Waals surface area contributed by atoms with E-state index in [1.54, 1.807) is 12.1 Å². The minimum absolute atomic E-state index is 0.0446. The van der Waals surface area contributed by atoms with E-state index in [2.05, 4.69) is 24.3 Å². The fourth-order valence-electron chi connectivity index (χ4n) is 10.0. The van der Waals surface area contributed by atoms with Crippen molar-refractivity contribution in [1.82, 2.24) is 9.13 Å². The van der Waals surface area contributed by atoms with Gasteiger partial charge in [-0.15, -0.1) is 0 Å². The van der Waals surface area contributed by atoms with Crippen molar-refractivity contribution in [2.75, 3.05) is 0 Å². The average Bonchev–Trinajstić information content (AvgIpc) is 3.83. The fraction of sp³-hybridized carbons (Fsp3) is 0. The number of rotatable bonds is 4. The number of nitrogens with zero attached hydrogens (tertiary/aromatic N) is 2. The fourth-order valence-corrected chi connectivity index (χ4v) is 13.7. The Labute approximate surface area is 357 Å². The molecule has 0 fully saturated rings. The van der Waals surface area contributed by atoms with Crippen molar-refractivity contribution in [3.05, 3.63) is 194 Å². The highest BCUT2D eigenvalue weighted by Gasteiger charge is 2.41. The molecule has 0 atom stereocenters. The molecule has 13 rings (SSSR count). The van der Waals surface area contributed by atoms with Crippen LogP contribution in [-0.2, 0) is 19.7 Å². The Morgan fingerprint density at radius 1 is 0.306 bits per heavy atom. The standard InChI is InChI=1S/C54H32N2O4S2/c57-61(58)49-32-48-50(31-47(49)55-45-29-37(33-13-5-1-6-14-33)21-23-41(45)43-27-25-39(53(61)51(43)55)35-17-9-3-10-18-35)62(59,60)54-40(36-19-11-4-12-20-36)26-28-44-42-24-22-38(34-15-7-2-8-16-34)30-46(42)56(48)52(44)54/h1-32H. The number of hydrogen-bond acceptors (Lipinski definition) is 4. The van der Waals surface area contributed by atoms with E-state index in [-0.39, 0.29) is 19.6 Å². The van der Waals surface area contributed by atoms with Crippen molar-refractivity contribution in [2.24, 2.45) is 0 Å². The molecule has 0 amide bonds. The Balaban J connectivity index is 1.20. The zero-order valence-electron chi connectivity index (χ0n) is 32.8. The lowest BCUT2D eigenvalue weighted by Gasteiger charge is -2.28. The summed E-state index contributed by atoms with van der Waals surface area (Å²) in [6, 6.07) is 62.7. The first-order valence-electron chi connectivity index (χ1n) is 20.4. The molecule has 0 unspecified atom stereocenters. The van der Waals surface area contributed by atoms with Gasteiger partial charge in [0.2, 0.25) is 19.7 Å². The number of sulfone groups is 2. The molecule has 9 aromatic carbocycles. The van der Waals surface area contributed by atoms with E-state index in [1.807, 2.05) is 167 Å². The summed E-state index contributed by atoms with van der Waals surface area (Å²) in [6.45, 7) is 0. The molecule has 0 aliphatic carbocycles. The van der Waals surface area contributed by atoms with Crippen LogP contribution < -0.4 is 0 Å². The van der Waals surface area contributed by atoms with Crippen LogP contribution in [0.5, 0.6) is 0 Å². The van der Waals surface area contributed by atoms with E-state index >= 15 is 16.8 Å². The Bertz CT molecular complexity index is 3710. The van der Waals surface area contributed by atoms with Crippen molar-refractivity contribution >= 4 is 63.3 Å². The lowest BCUT2D eigenvalue weighted by molar-refractivity contribution is 0.590. The third-order valence-electron chi connectivity index (χ3n) is 12.8. The van der Waals surface area contributed by atoms with Crippen LogP contribution in [0.4, 0.5) is 0 Å². The lowest BCUT2D eigenvalue weighted by Crippen LogP contribution is -2.21. The molecule has 4 heterocycles. The van der Waals surface area contributed by atoms with Gasteiger partial charge in [-0.2, -0.15) is 0 Å². The molecular weight excluding hydrogens is 805 g/mol. The summed E-state index contributed by atoms with van der Waals surface area (Å²) in [5.74, 6) is 0. The SMILES string of the molecule is O=S1(=O)c2cc3c(cc2-n2c4cc(-c5ccccc5)ccc4c4ccc(-c5ccccc5)c1c42)S(=O)(=O)c1c(-c2ccccc2)ccc2c4ccc(-c5ccccc5)cc4n-3c12. The minimum Gasteiger partial charge on any atom is -0.306 e. The van der Waals surface area contributed by atoms with Gasteiger partial charge < -0.3 is 9.13 Å². The Morgan fingerprint density at radius 3 is 1.02 bits per heavy atom.